The Balaban J connectivity index is 6.50. The minimum atomic E-state index is -4.83. The Morgan fingerprint density at radius 3 is 1.22 bits per heavy atom. The van der Waals surface area contributed by atoms with Crippen LogP contribution in [-0.4, -0.2) is 47.5 Å². The molecule has 0 rings (SSSR count). The predicted octanol–water partition coefficient (Wildman–Crippen LogP) is -2.18. The fourth-order valence-corrected chi connectivity index (χ4v) is 1.16. The third kappa shape index (κ3) is 1.59. The van der Waals surface area contributed by atoms with Crippen molar-refractivity contribution in [2.24, 2.45) is 0 Å². The van der Waals surface area contributed by atoms with E-state index in [-0.39, 0.29) is 0 Å². The van der Waals surface area contributed by atoms with Gasteiger partial charge >= 0.3 is 11.5 Å². The van der Waals surface area contributed by atoms with Crippen molar-refractivity contribution in [2.75, 3.05) is 0 Å². The zero-order valence-electron chi connectivity index (χ0n) is 8.53. The molecule has 2 atom stereocenters. The molecule has 0 aliphatic carbocycles. The Hall–Kier alpha value is -2.48. The third-order valence-electron chi connectivity index (χ3n) is 2.12. The summed E-state index contributed by atoms with van der Waals surface area (Å²) in [5.74, 6) is -4.83. The van der Waals surface area contributed by atoms with Gasteiger partial charge < -0.3 is 10.2 Å². The maximum Gasteiger partial charge on any atom is 0.800 e. The summed E-state index contributed by atoms with van der Waals surface area (Å²) in [6, 6.07) is 0. The highest BCUT2D eigenvalue weighted by atomic mass is 16.8. The Labute approximate surface area is 96.0 Å². The van der Waals surface area contributed by atoms with Gasteiger partial charge in [0.25, 0.3) is 0 Å². The molecule has 0 fully saturated rings. The highest BCUT2D eigenvalue weighted by molar-refractivity contribution is 4.81. The first-order valence-corrected chi connectivity index (χ1v) is 3.95. The highest BCUT2D eigenvalue weighted by Gasteiger charge is 2.95. The molecule has 14 nitrogen and oxygen atoms in total. The van der Waals surface area contributed by atoms with E-state index < -0.39 is 37.3 Å². The Bertz CT molecular complexity index is 382. The van der Waals surface area contributed by atoms with Gasteiger partial charge in [-0.2, -0.15) is 0 Å². The summed E-state index contributed by atoms with van der Waals surface area (Å²) in [7, 11) is 0. The molecule has 0 saturated heterocycles. The lowest BCUT2D eigenvalue weighted by atomic mass is 10.0. The van der Waals surface area contributed by atoms with Crippen LogP contribution in [-0.2, 0) is 0 Å². The van der Waals surface area contributed by atoms with Gasteiger partial charge in [-0.1, -0.05) is 0 Å². The first kappa shape index (κ1) is 15.5. The quantitative estimate of drug-likeness (QED) is 0.302. The van der Waals surface area contributed by atoms with Crippen LogP contribution in [0.25, 0.3) is 0 Å². The van der Waals surface area contributed by atoms with E-state index in [1.54, 1.807) is 0 Å². The lowest BCUT2D eigenvalue weighted by Gasteiger charge is -2.21. The SMILES string of the molecule is CC(O)C(O)([N+](=O)[O-])C([N+](=O)[O-])([N+](=O)[O-])[N+](=O)[O-]. The number of hydrogen-bond donors (Lipinski definition) is 2. The van der Waals surface area contributed by atoms with E-state index >= 15 is 0 Å². The maximum atomic E-state index is 10.5. The van der Waals surface area contributed by atoms with Crippen molar-refractivity contribution < 1.29 is 29.9 Å². The summed E-state index contributed by atoms with van der Waals surface area (Å²) in [6.07, 6.45) is -2.76. The van der Waals surface area contributed by atoms with Crippen LogP contribution in [0.1, 0.15) is 6.92 Å². The topological polar surface area (TPSA) is 213 Å². The molecular weight excluding hydrogens is 264 g/mol. The van der Waals surface area contributed by atoms with Gasteiger partial charge in [0.05, 0.1) is 4.92 Å². The van der Waals surface area contributed by atoms with Crippen LogP contribution in [0.3, 0.4) is 0 Å². The van der Waals surface area contributed by atoms with E-state index in [9.17, 15) is 45.6 Å². The van der Waals surface area contributed by atoms with Crippen LogP contribution >= 0.6 is 0 Å². The van der Waals surface area contributed by atoms with Crippen molar-refractivity contribution in [3.05, 3.63) is 40.5 Å². The second-order valence-electron chi connectivity index (χ2n) is 3.07. The van der Waals surface area contributed by atoms with Gasteiger partial charge in [-0.3, -0.25) is 40.5 Å². The number of nitro groups is 4. The maximum absolute atomic E-state index is 10.5. The van der Waals surface area contributed by atoms with Crippen molar-refractivity contribution in [3.63, 3.8) is 0 Å². The molecule has 0 aliphatic heterocycles. The molecule has 0 aromatic carbocycles. The highest BCUT2D eigenvalue weighted by Crippen LogP contribution is 2.31. The van der Waals surface area contributed by atoms with Crippen molar-refractivity contribution >= 4 is 0 Å². The van der Waals surface area contributed by atoms with Crippen molar-refractivity contribution in [1.82, 2.24) is 0 Å². The summed E-state index contributed by atoms with van der Waals surface area (Å²) >= 11 is 0. The van der Waals surface area contributed by atoms with Gasteiger partial charge in [0, 0.05) is 0 Å². The summed E-state index contributed by atoms with van der Waals surface area (Å²) in [6.45, 7) is 0.369. The third-order valence-corrected chi connectivity index (χ3v) is 2.12. The molecule has 2 unspecified atom stereocenters. The molecule has 14 heteroatoms. The first-order valence-electron chi connectivity index (χ1n) is 3.95. The van der Waals surface area contributed by atoms with Crippen molar-refractivity contribution in [2.45, 2.75) is 24.5 Å². The van der Waals surface area contributed by atoms with Gasteiger partial charge in [0.1, 0.15) is 0 Å². The number of nitrogens with zero attached hydrogens (tertiary/aromatic N) is 4. The van der Waals surface area contributed by atoms with Gasteiger partial charge in [-0.05, 0) is 6.92 Å². The molecule has 102 valence electrons. The van der Waals surface area contributed by atoms with Crippen LogP contribution < -0.4 is 0 Å². The number of aliphatic hydroxyl groups is 2. The molecule has 0 aliphatic rings. The van der Waals surface area contributed by atoms with Crippen LogP contribution in [0.15, 0.2) is 0 Å². The molecule has 2 N–H and O–H groups in total. The van der Waals surface area contributed by atoms with Crippen molar-refractivity contribution in [3.8, 4) is 0 Å². The van der Waals surface area contributed by atoms with E-state index in [4.69, 9.17) is 5.11 Å². The zero-order valence-corrected chi connectivity index (χ0v) is 8.53. The molecule has 0 aromatic heterocycles. The molecular formula is C4H6N4O10. The smallest absolute Gasteiger partial charge is 0.382 e. The van der Waals surface area contributed by atoms with Gasteiger partial charge in [0.15, 0.2) is 20.9 Å². The van der Waals surface area contributed by atoms with E-state index in [1.807, 2.05) is 0 Å². The number of aliphatic hydroxyl groups excluding tert-OH is 1. The van der Waals surface area contributed by atoms with Gasteiger partial charge in [0.2, 0.25) is 0 Å². The second kappa shape index (κ2) is 4.41. The fraction of sp³-hybridized carbons (Fsp3) is 1.00. The summed E-state index contributed by atoms with van der Waals surface area (Å²) in [4.78, 5) is 33.2. The number of hydrogen-bond acceptors (Lipinski definition) is 10. The first-order chi connectivity index (χ1) is 7.97. The van der Waals surface area contributed by atoms with E-state index in [0.717, 1.165) is 0 Å². The second-order valence-corrected chi connectivity index (χ2v) is 3.07. The van der Waals surface area contributed by atoms with Gasteiger partial charge in [-0.15, -0.1) is 0 Å². The number of rotatable bonds is 6. The zero-order chi connectivity index (χ0) is 14.9. The van der Waals surface area contributed by atoms with E-state index in [2.05, 4.69) is 0 Å². The lowest BCUT2D eigenvalue weighted by molar-refractivity contribution is -1.02. The minimum Gasteiger partial charge on any atom is -0.382 e. The molecule has 0 bridgehead atoms. The van der Waals surface area contributed by atoms with Crippen LogP contribution in [0.5, 0.6) is 0 Å². The van der Waals surface area contributed by atoms with E-state index in [1.165, 1.54) is 0 Å². The minimum absolute atomic E-state index is 0.369. The largest absolute Gasteiger partial charge is 0.800 e. The molecule has 0 heterocycles. The van der Waals surface area contributed by atoms with Crippen LogP contribution in [0.4, 0.5) is 0 Å². The summed E-state index contributed by atoms with van der Waals surface area (Å²) in [5.41, 5.74) is -4.44. The predicted molar refractivity (Wildman–Crippen MR) is 47.3 cm³/mol. The molecule has 0 aromatic rings. The molecule has 0 spiro atoms. The molecule has 0 radical (unpaired) electrons. The molecule has 18 heavy (non-hydrogen) atoms. The fourth-order valence-electron chi connectivity index (χ4n) is 1.16. The van der Waals surface area contributed by atoms with Crippen molar-refractivity contribution in [1.29, 1.82) is 0 Å². The standard InChI is InChI=1S/C4H6N4O10/c1-2(9)3(10,5(11)12)4(6(13)14,7(15)16)8(17)18/h2,9-10H,1H3. The lowest BCUT2D eigenvalue weighted by Crippen LogP contribution is -2.75. The summed E-state index contributed by atoms with van der Waals surface area (Å²) < 4.78 is 0. The average Bonchev–Trinajstić information content (AvgIpc) is 2.15. The van der Waals surface area contributed by atoms with Crippen LogP contribution in [0.2, 0.25) is 0 Å². The molecule has 0 amide bonds. The Morgan fingerprint density at radius 1 is 0.889 bits per heavy atom. The van der Waals surface area contributed by atoms with E-state index in [0.29, 0.717) is 6.92 Å². The molecule has 0 saturated carbocycles. The van der Waals surface area contributed by atoms with Gasteiger partial charge in [-0.25, -0.2) is 0 Å². The Morgan fingerprint density at radius 2 is 1.17 bits per heavy atom. The summed E-state index contributed by atoms with van der Waals surface area (Å²) in [5, 5.41) is 60.3. The monoisotopic (exact) mass is 270 g/mol. The van der Waals surface area contributed by atoms with Crippen LogP contribution in [0, 0.1) is 40.5 Å². The average molecular weight is 270 g/mol. The normalized spacial score (nSPS) is 16.4. The Kier molecular flexibility index (Phi) is 3.81.